The summed E-state index contributed by atoms with van der Waals surface area (Å²) in [5, 5.41) is 0. The van der Waals surface area contributed by atoms with Crippen molar-refractivity contribution in [3.8, 4) is 11.8 Å². The SMILES string of the molecule is Cc1ccc(C#Cc2c(F)cc(N)cc2F)s1. The highest BCUT2D eigenvalue weighted by atomic mass is 32.1. The molecule has 0 aliphatic heterocycles. The smallest absolute Gasteiger partial charge is 0.143 e. The van der Waals surface area contributed by atoms with E-state index in [0.717, 1.165) is 21.9 Å². The number of nitrogens with two attached hydrogens (primary N) is 1. The normalized spacial score (nSPS) is 9.82. The molecule has 1 aromatic carbocycles. The molecule has 1 aromatic heterocycles. The Labute approximate surface area is 102 Å². The van der Waals surface area contributed by atoms with Crippen LogP contribution in [0.2, 0.25) is 0 Å². The summed E-state index contributed by atoms with van der Waals surface area (Å²) < 4.78 is 26.8. The van der Waals surface area contributed by atoms with Gasteiger partial charge in [0.05, 0.1) is 10.4 Å². The van der Waals surface area contributed by atoms with Gasteiger partial charge in [0.1, 0.15) is 11.6 Å². The molecular weight excluding hydrogens is 240 g/mol. The first-order chi connectivity index (χ1) is 8.06. The third-order valence-corrected chi connectivity index (χ3v) is 3.03. The summed E-state index contributed by atoms with van der Waals surface area (Å²) in [6, 6.07) is 5.85. The topological polar surface area (TPSA) is 26.0 Å². The maximum atomic E-state index is 13.4. The predicted molar refractivity (Wildman–Crippen MR) is 65.8 cm³/mol. The molecule has 0 fully saturated rings. The van der Waals surface area contributed by atoms with Crippen LogP contribution in [-0.4, -0.2) is 0 Å². The van der Waals surface area contributed by atoms with Gasteiger partial charge in [0, 0.05) is 10.6 Å². The van der Waals surface area contributed by atoms with Crippen molar-refractivity contribution in [2.45, 2.75) is 6.92 Å². The van der Waals surface area contributed by atoms with Crippen molar-refractivity contribution in [3.05, 3.63) is 51.2 Å². The van der Waals surface area contributed by atoms with Gasteiger partial charge >= 0.3 is 0 Å². The van der Waals surface area contributed by atoms with Crippen LogP contribution in [0.3, 0.4) is 0 Å². The van der Waals surface area contributed by atoms with Crippen LogP contribution in [0, 0.1) is 30.4 Å². The first-order valence-electron chi connectivity index (χ1n) is 4.89. The zero-order valence-electron chi connectivity index (χ0n) is 9.05. The van der Waals surface area contributed by atoms with Gasteiger partial charge in [-0.15, -0.1) is 11.3 Å². The van der Waals surface area contributed by atoms with Crippen LogP contribution < -0.4 is 5.73 Å². The summed E-state index contributed by atoms with van der Waals surface area (Å²) in [6.45, 7) is 1.94. The van der Waals surface area contributed by atoms with Crippen molar-refractivity contribution in [1.82, 2.24) is 0 Å². The summed E-state index contributed by atoms with van der Waals surface area (Å²) in [6.07, 6.45) is 0. The van der Waals surface area contributed by atoms with Crippen molar-refractivity contribution in [3.63, 3.8) is 0 Å². The fourth-order valence-corrected chi connectivity index (χ4v) is 2.06. The van der Waals surface area contributed by atoms with Gasteiger partial charge in [0.2, 0.25) is 0 Å². The van der Waals surface area contributed by atoms with Gasteiger partial charge in [-0.2, -0.15) is 0 Å². The average molecular weight is 249 g/mol. The molecule has 0 spiro atoms. The lowest BCUT2D eigenvalue weighted by Gasteiger charge is -1.98. The van der Waals surface area contributed by atoms with E-state index in [2.05, 4.69) is 11.8 Å². The van der Waals surface area contributed by atoms with E-state index in [0.29, 0.717) is 0 Å². The molecule has 0 bridgehead atoms. The largest absolute Gasteiger partial charge is 0.399 e. The van der Waals surface area contributed by atoms with E-state index in [1.807, 2.05) is 19.1 Å². The molecule has 0 aliphatic carbocycles. The molecular formula is C13H9F2NS. The number of aryl methyl sites for hydroxylation is 1. The number of hydrogen-bond donors (Lipinski definition) is 1. The average Bonchev–Trinajstić information content (AvgIpc) is 2.62. The predicted octanol–water partition coefficient (Wildman–Crippen LogP) is 3.32. The molecule has 2 aromatic rings. The molecule has 17 heavy (non-hydrogen) atoms. The van der Waals surface area contributed by atoms with Crippen molar-refractivity contribution in [2.75, 3.05) is 5.73 Å². The molecule has 0 radical (unpaired) electrons. The Balaban J connectivity index is 2.40. The molecule has 0 atom stereocenters. The van der Waals surface area contributed by atoms with E-state index in [-0.39, 0.29) is 11.3 Å². The lowest BCUT2D eigenvalue weighted by Crippen LogP contribution is -1.94. The lowest BCUT2D eigenvalue weighted by atomic mass is 10.2. The van der Waals surface area contributed by atoms with Gasteiger partial charge in [0.15, 0.2) is 0 Å². The summed E-state index contributed by atoms with van der Waals surface area (Å²) in [5.41, 5.74) is 5.12. The maximum absolute atomic E-state index is 13.4. The van der Waals surface area contributed by atoms with Crippen molar-refractivity contribution < 1.29 is 8.78 Å². The number of hydrogen-bond acceptors (Lipinski definition) is 2. The Morgan fingerprint density at radius 1 is 1.12 bits per heavy atom. The fourth-order valence-electron chi connectivity index (χ4n) is 1.34. The van der Waals surface area contributed by atoms with Gasteiger partial charge in [-0.3, -0.25) is 0 Å². The molecule has 0 amide bonds. The Kier molecular flexibility index (Phi) is 3.12. The van der Waals surface area contributed by atoms with Crippen molar-refractivity contribution in [1.29, 1.82) is 0 Å². The molecule has 2 N–H and O–H groups in total. The first kappa shape index (κ1) is 11.6. The minimum atomic E-state index is -0.733. The van der Waals surface area contributed by atoms with Gasteiger partial charge < -0.3 is 5.73 Å². The minimum Gasteiger partial charge on any atom is -0.399 e. The van der Waals surface area contributed by atoms with Crippen LogP contribution in [0.15, 0.2) is 24.3 Å². The Hall–Kier alpha value is -1.86. The summed E-state index contributed by atoms with van der Waals surface area (Å²) in [4.78, 5) is 1.88. The van der Waals surface area contributed by atoms with Crippen LogP contribution in [-0.2, 0) is 0 Å². The van der Waals surface area contributed by atoms with Crippen LogP contribution in [0.25, 0.3) is 0 Å². The van der Waals surface area contributed by atoms with E-state index in [9.17, 15) is 8.78 Å². The third kappa shape index (κ3) is 2.63. The number of benzene rings is 1. The molecule has 2 rings (SSSR count). The molecule has 1 nitrogen and oxygen atoms in total. The summed E-state index contributed by atoms with van der Waals surface area (Å²) >= 11 is 1.48. The van der Waals surface area contributed by atoms with Crippen LogP contribution in [0.5, 0.6) is 0 Å². The number of thiophene rings is 1. The number of nitrogen functional groups attached to an aromatic ring is 1. The molecule has 0 saturated heterocycles. The number of rotatable bonds is 0. The molecule has 1 heterocycles. The minimum absolute atomic E-state index is 0.0533. The Morgan fingerprint density at radius 2 is 1.76 bits per heavy atom. The van der Waals surface area contributed by atoms with Crippen LogP contribution >= 0.6 is 11.3 Å². The molecule has 4 heteroatoms. The van der Waals surface area contributed by atoms with E-state index >= 15 is 0 Å². The van der Waals surface area contributed by atoms with E-state index in [1.165, 1.54) is 11.3 Å². The highest BCUT2D eigenvalue weighted by Gasteiger charge is 2.07. The van der Waals surface area contributed by atoms with Crippen LogP contribution in [0.4, 0.5) is 14.5 Å². The van der Waals surface area contributed by atoms with E-state index in [1.54, 1.807) is 0 Å². The van der Waals surface area contributed by atoms with Gasteiger partial charge in [-0.05, 0) is 31.2 Å². The quantitative estimate of drug-likeness (QED) is 0.562. The zero-order chi connectivity index (χ0) is 12.4. The summed E-state index contributed by atoms with van der Waals surface area (Å²) in [7, 11) is 0. The third-order valence-electron chi connectivity index (χ3n) is 2.12. The van der Waals surface area contributed by atoms with E-state index in [4.69, 9.17) is 5.73 Å². The first-order valence-corrected chi connectivity index (χ1v) is 5.71. The van der Waals surface area contributed by atoms with Crippen molar-refractivity contribution >= 4 is 17.0 Å². The molecule has 0 aliphatic rings. The standard InChI is InChI=1S/C13H9F2NS/c1-8-2-3-10(17-8)4-5-11-12(14)6-9(16)7-13(11)15/h2-3,6-7H,16H2,1H3. The Bertz CT molecular complexity index is 597. The molecule has 0 unspecified atom stereocenters. The number of anilines is 1. The van der Waals surface area contributed by atoms with Gasteiger partial charge in [-0.1, -0.05) is 11.8 Å². The highest BCUT2D eigenvalue weighted by Crippen LogP contribution is 2.17. The molecule has 86 valence electrons. The number of halogens is 2. The van der Waals surface area contributed by atoms with Gasteiger partial charge in [-0.25, -0.2) is 8.78 Å². The fraction of sp³-hybridized carbons (Fsp3) is 0.0769. The van der Waals surface area contributed by atoms with Gasteiger partial charge in [0.25, 0.3) is 0 Å². The second-order valence-corrected chi connectivity index (χ2v) is 4.81. The second-order valence-electron chi connectivity index (χ2n) is 3.52. The van der Waals surface area contributed by atoms with Crippen LogP contribution in [0.1, 0.15) is 15.3 Å². The zero-order valence-corrected chi connectivity index (χ0v) is 9.87. The van der Waals surface area contributed by atoms with Crippen molar-refractivity contribution in [2.24, 2.45) is 0 Å². The highest BCUT2D eigenvalue weighted by molar-refractivity contribution is 7.12. The summed E-state index contributed by atoms with van der Waals surface area (Å²) in [5.74, 6) is 3.76. The maximum Gasteiger partial charge on any atom is 0.143 e. The monoisotopic (exact) mass is 249 g/mol. The lowest BCUT2D eigenvalue weighted by molar-refractivity contribution is 0.578. The second kappa shape index (κ2) is 4.56. The molecule has 0 saturated carbocycles. The Morgan fingerprint density at radius 3 is 2.29 bits per heavy atom. The van der Waals surface area contributed by atoms with E-state index < -0.39 is 11.6 Å².